The van der Waals surface area contributed by atoms with E-state index in [0.29, 0.717) is 54.2 Å². The van der Waals surface area contributed by atoms with Crippen LogP contribution in [0.5, 0.6) is 11.5 Å². The zero-order chi connectivity index (χ0) is 24.7. The minimum atomic E-state index is -0.339. The first-order valence-corrected chi connectivity index (χ1v) is 11.7. The van der Waals surface area contributed by atoms with Crippen LogP contribution in [0.3, 0.4) is 0 Å². The Morgan fingerprint density at radius 2 is 1.75 bits per heavy atom. The smallest absolute Gasteiger partial charge is 0.227 e. The molecule has 0 saturated carbocycles. The first kappa shape index (κ1) is 23.3. The number of anilines is 1. The number of benzene rings is 3. The second-order valence-corrected chi connectivity index (χ2v) is 8.16. The maximum Gasteiger partial charge on any atom is 0.227 e. The number of amides is 1. The average molecular weight is 486 g/mol. The molecular formula is C28H24FN3O4. The Hall–Kier alpha value is -4.46. The highest BCUT2D eigenvalue weighted by Gasteiger charge is 2.20. The van der Waals surface area contributed by atoms with E-state index in [9.17, 15) is 9.18 Å². The van der Waals surface area contributed by atoms with E-state index in [4.69, 9.17) is 14.0 Å². The van der Waals surface area contributed by atoms with Gasteiger partial charge in [0.2, 0.25) is 17.6 Å². The van der Waals surface area contributed by atoms with Gasteiger partial charge in [0.25, 0.3) is 0 Å². The van der Waals surface area contributed by atoms with Crippen molar-refractivity contribution in [2.75, 3.05) is 24.7 Å². The number of aryl methyl sites for hydroxylation is 1. The van der Waals surface area contributed by atoms with E-state index in [0.717, 1.165) is 5.56 Å². The lowest BCUT2D eigenvalue weighted by Crippen LogP contribution is -2.31. The van der Waals surface area contributed by atoms with Crippen LogP contribution < -0.4 is 14.4 Å². The lowest BCUT2D eigenvalue weighted by Gasteiger charge is -2.24. The summed E-state index contributed by atoms with van der Waals surface area (Å²) in [5.41, 5.74) is 2.40. The average Bonchev–Trinajstić information content (AvgIpc) is 3.40. The number of hydrogen-bond acceptors (Lipinski definition) is 6. The summed E-state index contributed by atoms with van der Waals surface area (Å²) in [5.74, 6) is 1.52. The summed E-state index contributed by atoms with van der Waals surface area (Å²) < 4.78 is 29.8. The van der Waals surface area contributed by atoms with Crippen molar-refractivity contribution >= 4 is 17.7 Å². The number of ether oxygens (including phenoxy) is 2. The monoisotopic (exact) mass is 485 g/mol. The molecule has 182 valence electrons. The van der Waals surface area contributed by atoms with Gasteiger partial charge in [-0.25, -0.2) is 4.39 Å². The first-order valence-electron chi connectivity index (χ1n) is 11.7. The Morgan fingerprint density at radius 3 is 2.56 bits per heavy atom. The Morgan fingerprint density at radius 1 is 0.972 bits per heavy atom. The van der Waals surface area contributed by atoms with Crippen LogP contribution in [0, 0.1) is 5.82 Å². The number of halogens is 1. The Bertz CT molecular complexity index is 1350. The van der Waals surface area contributed by atoms with E-state index in [1.165, 1.54) is 12.1 Å². The molecule has 1 aromatic heterocycles. The van der Waals surface area contributed by atoms with Gasteiger partial charge in [-0.1, -0.05) is 47.6 Å². The molecule has 0 spiro atoms. The van der Waals surface area contributed by atoms with Crippen LogP contribution >= 0.6 is 0 Å². The lowest BCUT2D eigenvalue weighted by molar-refractivity contribution is -0.118. The Kier molecular flexibility index (Phi) is 7.02. The summed E-state index contributed by atoms with van der Waals surface area (Å²) in [6, 6.07) is 21.2. The Balaban J connectivity index is 1.31. The van der Waals surface area contributed by atoms with Crippen molar-refractivity contribution in [2.45, 2.75) is 12.8 Å². The van der Waals surface area contributed by atoms with Crippen LogP contribution in [0.15, 0.2) is 83.4 Å². The molecule has 7 nitrogen and oxygen atoms in total. The van der Waals surface area contributed by atoms with E-state index in [2.05, 4.69) is 10.1 Å². The number of rotatable bonds is 8. The zero-order valence-corrected chi connectivity index (χ0v) is 19.5. The van der Waals surface area contributed by atoms with E-state index in [-0.39, 0.29) is 24.6 Å². The summed E-state index contributed by atoms with van der Waals surface area (Å²) in [6.07, 6.45) is 4.36. The molecule has 3 aromatic carbocycles. The summed E-state index contributed by atoms with van der Waals surface area (Å²) in [5, 5.41) is 3.95. The zero-order valence-electron chi connectivity index (χ0n) is 19.5. The molecule has 8 heteroatoms. The van der Waals surface area contributed by atoms with Gasteiger partial charge in [-0.3, -0.25) is 4.79 Å². The van der Waals surface area contributed by atoms with Crippen LogP contribution in [0.25, 0.3) is 17.5 Å². The third-order valence-electron chi connectivity index (χ3n) is 5.66. The Labute approximate surface area is 207 Å². The van der Waals surface area contributed by atoms with E-state index in [1.807, 2.05) is 60.7 Å². The summed E-state index contributed by atoms with van der Waals surface area (Å²) in [4.78, 5) is 19.4. The molecule has 0 atom stereocenters. The van der Waals surface area contributed by atoms with Gasteiger partial charge in [0.15, 0.2) is 11.5 Å². The quantitative estimate of drug-likeness (QED) is 0.336. The van der Waals surface area contributed by atoms with Gasteiger partial charge in [-0.05, 0) is 42.0 Å². The molecule has 4 aromatic rings. The molecule has 2 heterocycles. The topological polar surface area (TPSA) is 77.7 Å². The third kappa shape index (κ3) is 5.60. The van der Waals surface area contributed by atoms with Crippen LogP contribution in [0.1, 0.15) is 17.9 Å². The van der Waals surface area contributed by atoms with Gasteiger partial charge in [-0.2, -0.15) is 4.98 Å². The van der Waals surface area contributed by atoms with Gasteiger partial charge in [-0.15, -0.1) is 0 Å². The van der Waals surface area contributed by atoms with Crippen molar-refractivity contribution in [3.63, 3.8) is 0 Å². The predicted octanol–water partition coefficient (Wildman–Crippen LogP) is 5.33. The van der Waals surface area contributed by atoms with E-state index in [1.54, 1.807) is 17.0 Å². The molecule has 0 radical (unpaired) electrons. The second kappa shape index (κ2) is 10.9. The number of hydrogen-bond donors (Lipinski definition) is 0. The van der Waals surface area contributed by atoms with Gasteiger partial charge < -0.3 is 18.9 Å². The third-order valence-corrected chi connectivity index (χ3v) is 5.66. The molecular weight excluding hydrogens is 461 g/mol. The van der Waals surface area contributed by atoms with Gasteiger partial charge in [0, 0.05) is 36.7 Å². The molecule has 0 N–H and O–H groups in total. The van der Waals surface area contributed by atoms with Gasteiger partial charge in [0.1, 0.15) is 19.0 Å². The molecule has 0 aliphatic carbocycles. The van der Waals surface area contributed by atoms with Gasteiger partial charge in [0.05, 0.1) is 0 Å². The van der Waals surface area contributed by atoms with Crippen molar-refractivity contribution in [1.82, 2.24) is 10.1 Å². The van der Waals surface area contributed by atoms with Crippen molar-refractivity contribution in [3.8, 4) is 22.9 Å². The lowest BCUT2D eigenvalue weighted by atomic mass is 10.2. The second-order valence-electron chi connectivity index (χ2n) is 8.16. The minimum Gasteiger partial charge on any atom is -0.486 e. The molecule has 1 amide bonds. The SMILES string of the molecule is O=C(CCc1nc(-c2ccc(F)cc2)no1)N(C/C=C\c1ccccc1)c1ccc2c(c1)OCCO2. The largest absolute Gasteiger partial charge is 0.486 e. The molecule has 0 bridgehead atoms. The maximum atomic E-state index is 13.3. The minimum absolute atomic E-state index is 0.106. The van der Waals surface area contributed by atoms with Crippen molar-refractivity contribution in [1.29, 1.82) is 0 Å². The van der Waals surface area contributed by atoms with Crippen molar-refractivity contribution in [2.24, 2.45) is 0 Å². The molecule has 0 fully saturated rings. The molecule has 5 rings (SSSR count). The maximum absolute atomic E-state index is 13.3. The highest BCUT2D eigenvalue weighted by molar-refractivity contribution is 5.94. The fraction of sp³-hybridized carbons (Fsp3) is 0.179. The number of aromatic nitrogens is 2. The molecule has 0 saturated heterocycles. The summed E-state index contributed by atoms with van der Waals surface area (Å²) in [6.45, 7) is 1.34. The predicted molar refractivity (Wildman–Crippen MR) is 133 cm³/mol. The van der Waals surface area contributed by atoms with Crippen LogP contribution in [0.4, 0.5) is 10.1 Å². The summed E-state index contributed by atoms with van der Waals surface area (Å²) in [7, 11) is 0. The van der Waals surface area contributed by atoms with Crippen LogP contribution in [0.2, 0.25) is 0 Å². The van der Waals surface area contributed by atoms with Crippen molar-refractivity contribution < 1.29 is 23.2 Å². The first-order chi connectivity index (χ1) is 17.7. The number of fused-ring (bicyclic) bond motifs is 1. The van der Waals surface area contributed by atoms with Crippen molar-refractivity contribution in [3.05, 3.63) is 96.1 Å². The van der Waals surface area contributed by atoms with Gasteiger partial charge >= 0.3 is 0 Å². The number of carbonyl (C=O) groups excluding carboxylic acids is 1. The van der Waals surface area contributed by atoms with E-state index < -0.39 is 0 Å². The molecule has 0 unspecified atom stereocenters. The molecule has 36 heavy (non-hydrogen) atoms. The molecule has 1 aliphatic rings. The van der Waals surface area contributed by atoms with Crippen LogP contribution in [-0.4, -0.2) is 35.8 Å². The molecule has 1 aliphatic heterocycles. The van der Waals surface area contributed by atoms with E-state index >= 15 is 0 Å². The normalized spacial score (nSPS) is 12.6. The number of carbonyl (C=O) groups is 1. The standard InChI is InChI=1S/C28H24FN3O4/c29-22-10-8-21(9-11-22)28-30-26(36-31-28)14-15-27(33)32(16-4-7-20-5-2-1-3-6-20)23-12-13-24-25(19-23)35-18-17-34-24/h1-13,19H,14-18H2/b7-4-. The number of nitrogens with zero attached hydrogens (tertiary/aromatic N) is 3. The summed E-state index contributed by atoms with van der Waals surface area (Å²) >= 11 is 0. The van der Waals surface area contributed by atoms with Crippen LogP contribution in [-0.2, 0) is 11.2 Å². The fourth-order valence-electron chi connectivity index (χ4n) is 3.83. The highest BCUT2D eigenvalue weighted by atomic mass is 19.1. The fourth-order valence-corrected chi connectivity index (χ4v) is 3.83. The highest BCUT2D eigenvalue weighted by Crippen LogP contribution is 2.34.